The highest BCUT2D eigenvalue weighted by molar-refractivity contribution is 6.12. The number of anilines is 1. The highest BCUT2D eigenvalue weighted by Gasteiger charge is 2.28. The second kappa shape index (κ2) is 5.90. The van der Waals surface area contributed by atoms with Gasteiger partial charge < -0.3 is 9.88 Å². The first-order valence-electron chi connectivity index (χ1n) is 9.23. The minimum Gasteiger partial charge on any atom is -0.334 e. The van der Waals surface area contributed by atoms with Gasteiger partial charge in [-0.25, -0.2) is 14.6 Å². The van der Waals surface area contributed by atoms with E-state index < -0.39 is 0 Å². The third-order valence-corrected chi connectivity index (χ3v) is 5.15. The fourth-order valence-corrected chi connectivity index (χ4v) is 3.49. The molecule has 0 spiro atoms. The Hall–Kier alpha value is -3.22. The van der Waals surface area contributed by atoms with Crippen molar-refractivity contribution in [2.24, 2.45) is 7.05 Å². The van der Waals surface area contributed by atoms with Crippen LogP contribution in [0.3, 0.4) is 0 Å². The van der Waals surface area contributed by atoms with Gasteiger partial charge in [0.05, 0.1) is 34.5 Å². The molecule has 0 atom stereocenters. The number of aryl methyl sites for hydroxylation is 2. The highest BCUT2D eigenvalue weighted by Crippen LogP contribution is 2.40. The first kappa shape index (κ1) is 16.0. The topological polar surface area (TPSA) is 77.6 Å². The lowest BCUT2D eigenvalue weighted by molar-refractivity contribution is 0.102. The van der Waals surface area contributed by atoms with Gasteiger partial charge in [-0.2, -0.15) is 5.10 Å². The normalized spacial score (nSPS) is 14.1. The number of fused-ring (bicyclic) bond motifs is 2. The Bertz CT molecular complexity index is 1180. The van der Waals surface area contributed by atoms with E-state index in [1.165, 1.54) is 0 Å². The minimum absolute atomic E-state index is 0.143. The van der Waals surface area contributed by atoms with Gasteiger partial charge in [0.15, 0.2) is 5.65 Å². The summed E-state index contributed by atoms with van der Waals surface area (Å²) in [5.41, 5.74) is 5.01. The van der Waals surface area contributed by atoms with Crippen molar-refractivity contribution in [1.29, 1.82) is 0 Å². The van der Waals surface area contributed by atoms with E-state index in [0.29, 0.717) is 11.5 Å². The average molecular weight is 360 g/mol. The molecule has 0 saturated heterocycles. The summed E-state index contributed by atoms with van der Waals surface area (Å²) in [5.74, 6) is 0.321. The van der Waals surface area contributed by atoms with Crippen LogP contribution in [0, 0.1) is 0 Å². The van der Waals surface area contributed by atoms with Gasteiger partial charge in [-0.15, -0.1) is 0 Å². The number of rotatable bonds is 4. The maximum atomic E-state index is 13.1. The van der Waals surface area contributed by atoms with Gasteiger partial charge in [-0.3, -0.25) is 4.79 Å². The largest absolute Gasteiger partial charge is 0.334 e. The van der Waals surface area contributed by atoms with Crippen LogP contribution in [-0.2, 0) is 13.6 Å². The number of hydrogen-bond donors (Lipinski definition) is 1. The first-order valence-corrected chi connectivity index (χ1v) is 9.23. The molecular weight excluding hydrogens is 340 g/mol. The lowest BCUT2D eigenvalue weighted by atomic mass is 10.1. The number of hydrogen-bond acceptors (Lipinski definition) is 4. The van der Waals surface area contributed by atoms with Gasteiger partial charge in [-0.1, -0.05) is 0 Å². The van der Waals surface area contributed by atoms with E-state index in [0.717, 1.165) is 52.8 Å². The summed E-state index contributed by atoms with van der Waals surface area (Å²) in [5, 5.41) is 8.19. The Kier molecular flexibility index (Phi) is 3.50. The van der Waals surface area contributed by atoms with E-state index >= 15 is 0 Å². The van der Waals surface area contributed by atoms with Crippen LogP contribution in [0.1, 0.15) is 41.7 Å². The Morgan fingerprint density at radius 1 is 1.30 bits per heavy atom. The molecule has 3 aromatic heterocycles. The van der Waals surface area contributed by atoms with Crippen molar-refractivity contribution >= 4 is 33.7 Å². The van der Waals surface area contributed by atoms with E-state index in [1.807, 2.05) is 47.5 Å². The van der Waals surface area contributed by atoms with Crippen molar-refractivity contribution in [3.63, 3.8) is 0 Å². The summed E-state index contributed by atoms with van der Waals surface area (Å²) >= 11 is 0. The molecular formula is C20H20N6O. The number of nitrogens with zero attached hydrogens (tertiary/aromatic N) is 5. The zero-order valence-electron chi connectivity index (χ0n) is 15.3. The van der Waals surface area contributed by atoms with Gasteiger partial charge in [0.2, 0.25) is 0 Å². The second-order valence-corrected chi connectivity index (χ2v) is 7.08. The van der Waals surface area contributed by atoms with Gasteiger partial charge >= 0.3 is 0 Å². The number of carbonyl (C=O) groups excluding carboxylic acids is 1. The molecule has 7 nitrogen and oxygen atoms in total. The van der Waals surface area contributed by atoms with Crippen LogP contribution in [0.15, 0.2) is 36.8 Å². The van der Waals surface area contributed by atoms with E-state index in [-0.39, 0.29) is 5.91 Å². The SMILES string of the molecule is CCn1ncc2c(C(=O)Nc3ccc4c(c3)ncn4C)cc(C3CC3)nc21. The maximum absolute atomic E-state index is 13.1. The standard InChI is InChI=1S/C20H20N6O/c1-3-26-19-15(10-22-26)14(9-16(24-19)12-4-5-12)20(27)23-13-6-7-18-17(8-13)21-11-25(18)2/h6-12H,3-5H2,1-2H3,(H,23,27). The van der Waals surface area contributed by atoms with Gasteiger partial charge in [0, 0.05) is 30.9 Å². The van der Waals surface area contributed by atoms with Crippen molar-refractivity contribution < 1.29 is 4.79 Å². The first-order chi connectivity index (χ1) is 13.1. The summed E-state index contributed by atoms with van der Waals surface area (Å²) in [6, 6.07) is 7.68. The van der Waals surface area contributed by atoms with E-state index in [4.69, 9.17) is 4.98 Å². The van der Waals surface area contributed by atoms with Crippen molar-refractivity contribution in [2.75, 3.05) is 5.32 Å². The third kappa shape index (κ3) is 2.66. The molecule has 1 N–H and O–H groups in total. The van der Waals surface area contributed by atoms with Crippen LogP contribution >= 0.6 is 0 Å². The van der Waals surface area contributed by atoms with Crippen LogP contribution < -0.4 is 5.32 Å². The number of pyridine rings is 1. The fourth-order valence-electron chi connectivity index (χ4n) is 3.49. The maximum Gasteiger partial charge on any atom is 0.256 e. The Labute approximate surface area is 156 Å². The van der Waals surface area contributed by atoms with Crippen molar-refractivity contribution in [1.82, 2.24) is 24.3 Å². The Morgan fingerprint density at radius 2 is 2.15 bits per heavy atom. The smallest absolute Gasteiger partial charge is 0.256 e. The molecule has 1 aliphatic rings. The van der Waals surface area contributed by atoms with Crippen LogP contribution in [0.25, 0.3) is 22.1 Å². The predicted molar refractivity (Wildman–Crippen MR) is 104 cm³/mol. The lowest BCUT2D eigenvalue weighted by Crippen LogP contribution is -2.13. The third-order valence-electron chi connectivity index (χ3n) is 5.15. The van der Waals surface area contributed by atoms with Gasteiger partial charge in [-0.05, 0) is 44.0 Å². The summed E-state index contributed by atoms with van der Waals surface area (Å²) in [6.45, 7) is 2.75. The van der Waals surface area contributed by atoms with E-state index in [9.17, 15) is 4.79 Å². The summed E-state index contributed by atoms with van der Waals surface area (Å²) in [4.78, 5) is 22.2. The predicted octanol–water partition coefficient (Wildman–Crippen LogP) is 3.47. The Morgan fingerprint density at radius 3 is 2.93 bits per heavy atom. The molecule has 1 amide bonds. The van der Waals surface area contributed by atoms with Crippen LogP contribution in [0.4, 0.5) is 5.69 Å². The number of aromatic nitrogens is 5. The molecule has 1 saturated carbocycles. The van der Waals surface area contributed by atoms with Gasteiger partial charge in [0.1, 0.15) is 0 Å². The van der Waals surface area contributed by atoms with Crippen LogP contribution in [0.2, 0.25) is 0 Å². The minimum atomic E-state index is -0.143. The molecule has 5 rings (SSSR count). The number of carbonyl (C=O) groups is 1. The summed E-state index contributed by atoms with van der Waals surface area (Å²) in [7, 11) is 1.95. The van der Waals surface area contributed by atoms with Gasteiger partial charge in [0.25, 0.3) is 5.91 Å². The number of imidazole rings is 1. The number of benzene rings is 1. The molecule has 1 aromatic carbocycles. The van der Waals surface area contributed by atoms with Crippen molar-refractivity contribution in [2.45, 2.75) is 32.2 Å². The molecule has 1 aliphatic carbocycles. The molecule has 0 bridgehead atoms. The monoisotopic (exact) mass is 360 g/mol. The molecule has 136 valence electrons. The number of amides is 1. The molecule has 1 fully saturated rings. The Balaban J connectivity index is 1.54. The highest BCUT2D eigenvalue weighted by atomic mass is 16.1. The zero-order chi connectivity index (χ0) is 18.5. The summed E-state index contributed by atoms with van der Waals surface area (Å²) in [6.07, 6.45) is 5.77. The summed E-state index contributed by atoms with van der Waals surface area (Å²) < 4.78 is 3.80. The van der Waals surface area contributed by atoms with E-state index in [1.54, 1.807) is 12.5 Å². The average Bonchev–Trinajstić information content (AvgIpc) is 3.35. The zero-order valence-corrected chi connectivity index (χ0v) is 15.3. The number of nitrogens with one attached hydrogen (secondary N) is 1. The molecule has 27 heavy (non-hydrogen) atoms. The molecule has 0 unspecified atom stereocenters. The van der Waals surface area contributed by atoms with Crippen molar-refractivity contribution in [3.8, 4) is 0 Å². The van der Waals surface area contributed by atoms with Crippen LogP contribution in [-0.4, -0.2) is 30.2 Å². The second-order valence-electron chi connectivity index (χ2n) is 7.08. The molecule has 3 heterocycles. The molecule has 4 aromatic rings. The van der Waals surface area contributed by atoms with E-state index in [2.05, 4.69) is 15.4 Å². The lowest BCUT2D eigenvalue weighted by Gasteiger charge is -2.09. The van der Waals surface area contributed by atoms with Crippen LogP contribution in [0.5, 0.6) is 0 Å². The molecule has 7 heteroatoms. The quantitative estimate of drug-likeness (QED) is 0.604. The fraction of sp³-hybridized carbons (Fsp3) is 0.300. The van der Waals surface area contributed by atoms with Crippen molar-refractivity contribution in [3.05, 3.63) is 48.0 Å². The molecule has 0 aliphatic heterocycles. The molecule has 0 radical (unpaired) electrons.